The molecule has 0 spiro atoms. The smallest absolute Gasteiger partial charge is 0.122 e. The number of benzene rings is 2. The van der Waals surface area contributed by atoms with Crippen LogP contribution in [0.1, 0.15) is 5.56 Å². The van der Waals surface area contributed by atoms with Crippen LogP contribution in [0.3, 0.4) is 0 Å². The molecule has 3 nitrogen and oxygen atoms in total. The van der Waals surface area contributed by atoms with Gasteiger partial charge in [0.2, 0.25) is 0 Å². The third-order valence-electron chi connectivity index (χ3n) is 3.50. The van der Waals surface area contributed by atoms with Gasteiger partial charge in [0.1, 0.15) is 11.5 Å². The van der Waals surface area contributed by atoms with Gasteiger partial charge < -0.3 is 14.0 Å². The Bertz CT molecular complexity index is 757. The standard InChI is InChI=1S/C17H16BrNO2/c1-20-15-7-12(8-16(10-15)21-2)11-19-6-5-13-3-4-14(18)9-17(13)19/h3-10H,11H2,1-2H3. The van der Waals surface area contributed by atoms with Gasteiger partial charge in [0, 0.05) is 28.8 Å². The maximum absolute atomic E-state index is 5.33. The normalized spacial score (nSPS) is 10.8. The molecule has 0 unspecified atom stereocenters. The number of rotatable bonds is 4. The minimum absolute atomic E-state index is 0.771. The summed E-state index contributed by atoms with van der Waals surface area (Å²) in [7, 11) is 3.33. The van der Waals surface area contributed by atoms with Crippen molar-refractivity contribution in [3.63, 3.8) is 0 Å². The van der Waals surface area contributed by atoms with E-state index in [0.29, 0.717) is 0 Å². The molecule has 21 heavy (non-hydrogen) atoms. The van der Waals surface area contributed by atoms with Crippen LogP contribution in [0.25, 0.3) is 10.9 Å². The largest absolute Gasteiger partial charge is 0.497 e. The summed E-state index contributed by atoms with van der Waals surface area (Å²) < 4.78 is 14.0. The lowest BCUT2D eigenvalue weighted by Crippen LogP contribution is -1.99. The highest BCUT2D eigenvalue weighted by atomic mass is 79.9. The van der Waals surface area contributed by atoms with Crippen molar-refractivity contribution in [2.45, 2.75) is 6.54 Å². The minimum atomic E-state index is 0.771. The molecule has 0 aliphatic heterocycles. The predicted octanol–water partition coefficient (Wildman–Crippen LogP) is 4.47. The van der Waals surface area contributed by atoms with Gasteiger partial charge in [0.25, 0.3) is 0 Å². The first-order valence-corrected chi connectivity index (χ1v) is 7.45. The van der Waals surface area contributed by atoms with Crippen molar-refractivity contribution in [3.05, 3.63) is 58.7 Å². The van der Waals surface area contributed by atoms with Crippen molar-refractivity contribution >= 4 is 26.8 Å². The molecule has 1 aromatic heterocycles. The zero-order chi connectivity index (χ0) is 14.8. The van der Waals surface area contributed by atoms with Crippen molar-refractivity contribution in [1.82, 2.24) is 4.57 Å². The van der Waals surface area contributed by atoms with Crippen molar-refractivity contribution in [2.24, 2.45) is 0 Å². The first-order chi connectivity index (χ1) is 10.2. The lowest BCUT2D eigenvalue weighted by Gasteiger charge is -2.10. The van der Waals surface area contributed by atoms with Gasteiger partial charge in [-0.15, -0.1) is 0 Å². The van der Waals surface area contributed by atoms with Crippen LogP contribution < -0.4 is 9.47 Å². The highest BCUT2D eigenvalue weighted by Crippen LogP contribution is 2.25. The highest BCUT2D eigenvalue weighted by Gasteiger charge is 2.06. The van der Waals surface area contributed by atoms with Crippen LogP contribution in [-0.4, -0.2) is 18.8 Å². The molecule has 0 fully saturated rings. The van der Waals surface area contributed by atoms with Crippen LogP contribution in [0.5, 0.6) is 11.5 Å². The van der Waals surface area contributed by atoms with E-state index in [4.69, 9.17) is 9.47 Å². The molecule has 0 N–H and O–H groups in total. The average molecular weight is 346 g/mol. The molecule has 0 radical (unpaired) electrons. The number of halogens is 1. The van der Waals surface area contributed by atoms with Gasteiger partial charge in [0.15, 0.2) is 0 Å². The Hall–Kier alpha value is -1.94. The summed E-state index contributed by atoms with van der Waals surface area (Å²) in [5, 5.41) is 1.23. The fourth-order valence-electron chi connectivity index (χ4n) is 2.45. The number of hydrogen-bond acceptors (Lipinski definition) is 2. The van der Waals surface area contributed by atoms with Gasteiger partial charge in [-0.2, -0.15) is 0 Å². The first kappa shape index (κ1) is 14.0. The zero-order valence-electron chi connectivity index (χ0n) is 12.0. The lowest BCUT2D eigenvalue weighted by atomic mass is 10.2. The SMILES string of the molecule is COc1cc(Cn2ccc3ccc(Br)cc32)cc(OC)c1. The summed E-state index contributed by atoms with van der Waals surface area (Å²) in [5.74, 6) is 1.61. The van der Waals surface area contributed by atoms with Gasteiger partial charge in [-0.3, -0.25) is 0 Å². The molecule has 4 heteroatoms. The van der Waals surface area contributed by atoms with E-state index >= 15 is 0 Å². The molecule has 0 bridgehead atoms. The summed E-state index contributed by atoms with van der Waals surface area (Å²) in [5.41, 5.74) is 2.34. The third kappa shape index (κ3) is 2.90. The van der Waals surface area contributed by atoms with E-state index in [0.717, 1.165) is 28.1 Å². The molecule has 1 heterocycles. The molecule has 2 aromatic carbocycles. The van der Waals surface area contributed by atoms with Gasteiger partial charge in [-0.05, 0) is 41.3 Å². The summed E-state index contributed by atoms with van der Waals surface area (Å²) >= 11 is 3.53. The number of aromatic nitrogens is 1. The monoisotopic (exact) mass is 345 g/mol. The molecule has 0 amide bonds. The van der Waals surface area contributed by atoms with E-state index in [1.54, 1.807) is 14.2 Å². The Morgan fingerprint density at radius 1 is 0.952 bits per heavy atom. The molecular formula is C17H16BrNO2. The van der Waals surface area contributed by atoms with Crippen LogP contribution in [0.2, 0.25) is 0 Å². The number of hydrogen-bond donors (Lipinski definition) is 0. The zero-order valence-corrected chi connectivity index (χ0v) is 13.6. The predicted molar refractivity (Wildman–Crippen MR) is 88.3 cm³/mol. The van der Waals surface area contributed by atoms with E-state index in [9.17, 15) is 0 Å². The summed E-state index contributed by atoms with van der Waals surface area (Å²) in [6.45, 7) is 0.771. The molecule has 0 saturated heterocycles. The molecule has 0 saturated carbocycles. The van der Waals surface area contributed by atoms with Gasteiger partial charge >= 0.3 is 0 Å². The maximum Gasteiger partial charge on any atom is 0.122 e. The van der Waals surface area contributed by atoms with Crippen LogP contribution >= 0.6 is 15.9 Å². The molecular weight excluding hydrogens is 330 g/mol. The number of ether oxygens (including phenoxy) is 2. The number of nitrogens with zero attached hydrogens (tertiary/aromatic N) is 1. The minimum Gasteiger partial charge on any atom is -0.497 e. The van der Waals surface area contributed by atoms with Crippen molar-refractivity contribution < 1.29 is 9.47 Å². The average Bonchev–Trinajstić information content (AvgIpc) is 2.89. The van der Waals surface area contributed by atoms with Gasteiger partial charge in [-0.25, -0.2) is 0 Å². The Kier molecular flexibility index (Phi) is 3.88. The van der Waals surface area contributed by atoms with Gasteiger partial charge in [-0.1, -0.05) is 22.0 Å². The fourth-order valence-corrected chi connectivity index (χ4v) is 2.80. The van der Waals surface area contributed by atoms with E-state index in [-0.39, 0.29) is 0 Å². The Labute approximate surface area is 132 Å². The third-order valence-corrected chi connectivity index (χ3v) is 3.99. The number of methoxy groups -OCH3 is 2. The second-order valence-electron chi connectivity index (χ2n) is 4.87. The molecule has 108 valence electrons. The van der Waals surface area contributed by atoms with Crippen LogP contribution in [0, 0.1) is 0 Å². The second-order valence-corrected chi connectivity index (χ2v) is 5.78. The summed E-state index contributed by atoms with van der Waals surface area (Å²) in [6, 6.07) is 14.4. The quantitative estimate of drug-likeness (QED) is 0.696. The maximum atomic E-state index is 5.33. The molecule has 0 atom stereocenters. The lowest BCUT2D eigenvalue weighted by molar-refractivity contribution is 0.393. The molecule has 0 aliphatic carbocycles. The second kappa shape index (κ2) is 5.82. The topological polar surface area (TPSA) is 23.4 Å². The summed E-state index contributed by atoms with van der Waals surface area (Å²) in [6.07, 6.45) is 2.10. The Balaban J connectivity index is 2.00. The van der Waals surface area contributed by atoms with Crippen LogP contribution in [0.15, 0.2) is 53.1 Å². The molecule has 3 aromatic rings. The first-order valence-electron chi connectivity index (χ1n) is 6.66. The molecule has 3 rings (SSSR count). The van der Waals surface area contributed by atoms with Crippen molar-refractivity contribution in [3.8, 4) is 11.5 Å². The molecule has 0 aliphatic rings. The van der Waals surface area contributed by atoms with Crippen LogP contribution in [0.4, 0.5) is 0 Å². The van der Waals surface area contributed by atoms with E-state index in [1.165, 1.54) is 10.9 Å². The van der Waals surface area contributed by atoms with Crippen molar-refractivity contribution in [2.75, 3.05) is 14.2 Å². The van der Waals surface area contributed by atoms with E-state index < -0.39 is 0 Å². The Morgan fingerprint density at radius 3 is 2.33 bits per heavy atom. The fraction of sp³-hybridized carbons (Fsp3) is 0.176. The van der Waals surface area contributed by atoms with Crippen LogP contribution in [-0.2, 0) is 6.54 Å². The van der Waals surface area contributed by atoms with E-state index in [1.807, 2.05) is 18.2 Å². The van der Waals surface area contributed by atoms with Crippen molar-refractivity contribution in [1.29, 1.82) is 0 Å². The highest BCUT2D eigenvalue weighted by molar-refractivity contribution is 9.10. The van der Waals surface area contributed by atoms with E-state index in [2.05, 4.69) is 51.0 Å². The van der Waals surface area contributed by atoms with Gasteiger partial charge in [0.05, 0.1) is 14.2 Å². The Morgan fingerprint density at radius 2 is 1.67 bits per heavy atom. The summed E-state index contributed by atoms with van der Waals surface area (Å²) in [4.78, 5) is 0. The number of fused-ring (bicyclic) bond motifs is 1.